The van der Waals surface area contributed by atoms with Gasteiger partial charge in [0, 0.05) is 5.57 Å². The molecular formula is C16H15F3O2. The van der Waals surface area contributed by atoms with Crippen LogP contribution in [0.15, 0.2) is 41.2 Å². The third-order valence-electron chi connectivity index (χ3n) is 3.41. The number of halogens is 3. The Labute approximate surface area is 120 Å². The fourth-order valence-electron chi connectivity index (χ4n) is 2.28. The molecule has 1 N–H and O–H groups in total. The van der Waals surface area contributed by atoms with Gasteiger partial charge in [-0.1, -0.05) is 29.8 Å². The number of ketones is 1. The molecule has 1 aliphatic carbocycles. The second kappa shape index (κ2) is 5.76. The molecule has 0 atom stereocenters. The number of benzene rings is 1. The smallest absolute Gasteiger partial charge is 0.454 e. The number of aryl methyl sites for hydroxylation is 1. The quantitative estimate of drug-likeness (QED) is 0.872. The molecule has 0 heterocycles. The van der Waals surface area contributed by atoms with Crippen LogP contribution in [0.3, 0.4) is 0 Å². The molecule has 112 valence electrons. The van der Waals surface area contributed by atoms with Crippen LogP contribution in [0.5, 0.6) is 0 Å². The summed E-state index contributed by atoms with van der Waals surface area (Å²) in [5.74, 6) is -2.47. The highest BCUT2D eigenvalue weighted by molar-refractivity contribution is 6.00. The number of carbonyl (C=O) groups is 1. The van der Waals surface area contributed by atoms with E-state index in [1.807, 2.05) is 31.2 Å². The summed E-state index contributed by atoms with van der Waals surface area (Å²) in [5, 5.41) is 9.97. The molecule has 1 aromatic rings. The highest BCUT2D eigenvalue weighted by Gasteiger charge is 2.42. The standard InChI is InChI=1S/C16H15F3O2/c1-10-5-7-11(8-6-10)9-12-3-2-4-13(14(12)20)15(21)16(17,18)19/h5-9,20H,2-4H2,1H3/b12-9+. The van der Waals surface area contributed by atoms with Crippen molar-refractivity contribution in [3.05, 3.63) is 52.3 Å². The number of carbonyl (C=O) groups excluding carboxylic acids is 1. The van der Waals surface area contributed by atoms with Gasteiger partial charge in [-0.15, -0.1) is 0 Å². The van der Waals surface area contributed by atoms with Gasteiger partial charge in [0.15, 0.2) is 0 Å². The molecule has 0 fully saturated rings. The first kappa shape index (κ1) is 15.4. The van der Waals surface area contributed by atoms with Crippen LogP contribution in [0.25, 0.3) is 6.08 Å². The van der Waals surface area contributed by atoms with E-state index >= 15 is 0 Å². The van der Waals surface area contributed by atoms with Gasteiger partial charge in [-0.25, -0.2) is 0 Å². The maximum absolute atomic E-state index is 12.5. The zero-order valence-corrected chi connectivity index (χ0v) is 11.5. The number of Topliss-reactive ketones (excluding diaryl/α,β-unsaturated/α-hetero) is 1. The molecule has 0 aromatic heterocycles. The van der Waals surface area contributed by atoms with Gasteiger partial charge < -0.3 is 5.11 Å². The van der Waals surface area contributed by atoms with Crippen molar-refractivity contribution in [3.63, 3.8) is 0 Å². The molecule has 5 heteroatoms. The van der Waals surface area contributed by atoms with Crippen molar-refractivity contribution in [2.24, 2.45) is 0 Å². The lowest BCUT2D eigenvalue weighted by molar-refractivity contribution is -0.167. The summed E-state index contributed by atoms with van der Waals surface area (Å²) in [6.07, 6.45) is -2.50. The Bertz CT molecular complexity index is 607. The minimum atomic E-state index is -4.95. The topological polar surface area (TPSA) is 37.3 Å². The molecule has 0 saturated carbocycles. The zero-order chi connectivity index (χ0) is 15.6. The fourth-order valence-corrected chi connectivity index (χ4v) is 2.28. The number of alkyl halides is 3. The maximum atomic E-state index is 12.5. The van der Waals surface area contributed by atoms with Crippen LogP contribution in [0.4, 0.5) is 13.2 Å². The van der Waals surface area contributed by atoms with E-state index in [-0.39, 0.29) is 6.42 Å². The van der Waals surface area contributed by atoms with Gasteiger partial charge in [-0.2, -0.15) is 13.2 Å². The second-order valence-corrected chi connectivity index (χ2v) is 5.09. The molecule has 1 aromatic carbocycles. The summed E-state index contributed by atoms with van der Waals surface area (Å²) in [6, 6.07) is 7.38. The fraction of sp³-hybridized carbons (Fsp3) is 0.312. The molecule has 21 heavy (non-hydrogen) atoms. The number of aliphatic hydroxyl groups excluding tert-OH is 1. The lowest BCUT2D eigenvalue weighted by atomic mass is 9.89. The van der Waals surface area contributed by atoms with E-state index in [2.05, 4.69) is 0 Å². The van der Waals surface area contributed by atoms with Crippen LogP contribution >= 0.6 is 0 Å². The molecule has 0 aliphatic heterocycles. The number of hydrogen-bond acceptors (Lipinski definition) is 2. The van der Waals surface area contributed by atoms with Crippen molar-refractivity contribution >= 4 is 11.9 Å². The third kappa shape index (κ3) is 3.54. The predicted octanol–water partition coefficient (Wildman–Crippen LogP) is 4.51. The van der Waals surface area contributed by atoms with Gasteiger partial charge in [-0.05, 0) is 43.4 Å². The molecule has 0 bridgehead atoms. The zero-order valence-electron chi connectivity index (χ0n) is 11.5. The molecular weight excluding hydrogens is 281 g/mol. The highest BCUT2D eigenvalue weighted by atomic mass is 19.4. The van der Waals surface area contributed by atoms with Crippen LogP contribution in [0, 0.1) is 6.92 Å². The largest absolute Gasteiger partial charge is 0.507 e. The van der Waals surface area contributed by atoms with Crippen LogP contribution in [0.1, 0.15) is 30.4 Å². The molecule has 0 saturated heterocycles. The number of allylic oxidation sites excluding steroid dienone is 2. The molecule has 2 rings (SSSR count). The minimum Gasteiger partial charge on any atom is -0.507 e. The summed E-state index contributed by atoms with van der Waals surface area (Å²) in [6.45, 7) is 1.93. The van der Waals surface area contributed by atoms with Crippen molar-refractivity contribution in [2.45, 2.75) is 32.4 Å². The van der Waals surface area contributed by atoms with Gasteiger partial charge in [0.25, 0.3) is 5.78 Å². The van der Waals surface area contributed by atoms with Crippen LogP contribution < -0.4 is 0 Å². The first-order chi connectivity index (χ1) is 9.79. The monoisotopic (exact) mass is 296 g/mol. The van der Waals surface area contributed by atoms with Gasteiger partial charge in [-0.3, -0.25) is 4.79 Å². The highest BCUT2D eigenvalue weighted by Crippen LogP contribution is 2.33. The van der Waals surface area contributed by atoms with Crippen molar-refractivity contribution in [1.29, 1.82) is 0 Å². The van der Waals surface area contributed by atoms with Crippen LogP contribution in [0.2, 0.25) is 0 Å². The summed E-state index contributed by atoms with van der Waals surface area (Å²) in [7, 11) is 0. The summed E-state index contributed by atoms with van der Waals surface area (Å²) in [4.78, 5) is 11.3. The van der Waals surface area contributed by atoms with E-state index in [0.29, 0.717) is 18.4 Å². The maximum Gasteiger partial charge on any atom is 0.454 e. The number of hydrogen-bond donors (Lipinski definition) is 1. The molecule has 2 nitrogen and oxygen atoms in total. The van der Waals surface area contributed by atoms with E-state index in [0.717, 1.165) is 11.1 Å². The molecule has 1 aliphatic rings. The first-order valence-electron chi connectivity index (χ1n) is 6.60. The molecule has 0 spiro atoms. The van der Waals surface area contributed by atoms with Gasteiger partial charge >= 0.3 is 6.18 Å². The SMILES string of the molecule is Cc1ccc(/C=C2\CCCC(C(=O)C(F)(F)F)=C2O)cc1. The lowest BCUT2D eigenvalue weighted by Crippen LogP contribution is -2.27. The van der Waals surface area contributed by atoms with Crippen molar-refractivity contribution < 1.29 is 23.1 Å². The van der Waals surface area contributed by atoms with E-state index in [9.17, 15) is 23.1 Å². The number of rotatable bonds is 2. The predicted molar refractivity (Wildman–Crippen MR) is 73.7 cm³/mol. The molecule has 0 unspecified atom stereocenters. The van der Waals surface area contributed by atoms with Crippen LogP contribution in [-0.2, 0) is 4.79 Å². The van der Waals surface area contributed by atoms with E-state index < -0.39 is 23.3 Å². The average Bonchev–Trinajstić information content (AvgIpc) is 2.42. The van der Waals surface area contributed by atoms with E-state index in [4.69, 9.17) is 0 Å². The first-order valence-corrected chi connectivity index (χ1v) is 6.60. The molecule has 0 amide bonds. The Morgan fingerprint density at radius 3 is 2.38 bits per heavy atom. The average molecular weight is 296 g/mol. The van der Waals surface area contributed by atoms with E-state index in [1.165, 1.54) is 0 Å². The van der Waals surface area contributed by atoms with Crippen molar-refractivity contribution in [2.75, 3.05) is 0 Å². The summed E-state index contributed by atoms with van der Waals surface area (Å²) < 4.78 is 37.5. The second-order valence-electron chi connectivity index (χ2n) is 5.09. The Morgan fingerprint density at radius 1 is 1.19 bits per heavy atom. The number of aliphatic hydroxyl groups is 1. The van der Waals surface area contributed by atoms with Crippen LogP contribution in [-0.4, -0.2) is 17.1 Å². The minimum absolute atomic E-state index is 0.0462. The Kier molecular flexibility index (Phi) is 4.21. The summed E-state index contributed by atoms with van der Waals surface area (Å²) >= 11 is 0. The van der Waals surface area contributed by atoms with Gasteiger partial charge in [0.1, 0.15) is 5.76 Å². The lowest BCUT2D eigenvalue weighted by Gasteiger charge is -2.19. The van der Waals surface area contributed by atoms with Crippen molar-refractivity contribution in [1.82, 2.24) is 0 Å². The Balaban J connectivity index is 2.37. The molecule has 0 radical (unpaired) electrons. The normalized spacial score (nSPS) is 18.2. The Morgan fingerprint density at radius 2 is 1.81 bits per heavy atom. The summed E-state index contributed by atoms with van der Waals surface area (Å²) in [5.41, 5.74) is 1.68. The van der Waals surface area contributed by atoms with Crippen molar-refractivity contribution in [3.8, 4) is 0 Å². The van der Waals surface area contributed by atoms with Gasteiger partial charge in [0.05, 0.1) is 0 Å². The third-order valence-corrected chi connectivity index (χ3v) is 3.41. The van der Waals surface area contributed by atoms with E-state index in [1.54, 1.807) is 6.08 Å². The Hall–Kier alpha value is -2.04. The van der Waals surface area contributed by atoms with Gasteiger partial charge in [0.2, 0.25) is 0 Å².